The van der Waals surface area contributed by atoms with Crippen LogP contribution in [0.4, 0.5) is 5.69 Å². The number of halogens is 2. The number of nitro groups is 1. The lowest BCUT2D eigenvalue weighted by Gasteiger charge is -2.13. The van der Waals surface area contributed by atoms with Crippen molar-refractivity contribution in [3.63, 3.8) is 0 Å². The van der Waals surface area contributed by atoms with Crippen LogP contribution in [0.3, 0.4) is 0 Å². The van der Waals surface area contributed by atoms with Crippen LogP contribution >= 0.6 is 23.2 Å². The molecule has 0 unspecified atom stereocenters. The highest BCUT2D eigenvalue weighted by Crippen LogP contribution is 2.26. The third-order valence-electron chi connectivity index (χ3n) is 3.41. The molecule has 1 aromatic carbocycles. The van der Waals surface area contributed by atoms with Gasteiger partial charge in [0, 0.05) is 25.2 Å². The van der Waals surface area contributed by atoms with Gasteiger partial charge in [0.1, 0.15) is 6.54 Å². The number of hydrogen-bond acceptors (Lipinski definition) is 6. The number of rotatable bonds is 7. The maximum atomic E-state index is 12.2. The summed E-state index contributed by atoms with van der Waals surface area (Å²) in [5.74, 6) is -2.76. The zero-order valence-corrected chi connectivity index (χ0v) is 14.5. The number of nitro benzene ring substituents is 1. The van der Waals surface area contributed by atoms with Crippen molar-refractivity contribution < 1.29 is 24.1 Å². The van der Waals surface area contributed by atoms with E-state index in [2.05, 4.69) is 10.6 Å². The average molecular weight is 403 g/mol. The number of alkyl halides is 2. The van der Waals surface area contributed by atoms with Gasteiger partial charge in [-0.2, -0.15) is 0 Å². The Kier molecular flexibility index (Phi) is 6.11. The van der Waals surface area contributed by atoms with Crippen LogP contribution in [0, 0.1) is 10.1 Å². The van der Waals surface area contributed by atoms with Crippen LogP contribution in [0.1, 0.15) is 20.7 Å². The van der Waals surface area contributed by atoms with Crippen LogP contribution < -0.4 is 10.6 Å². The lowest BCUT2D eigenvalue weighted by Crippen LogP contribution is -2.43. The highest BCUT2D eigenvalue weighted by atomic mass is 35.5. The second kappa shape index (κ2) is 8.11. The molecule has 1 aliphatic heterocycles. The van der Waals surface area contributed by atoms with Crippen LogP contribution in [0.25, 0.3) is 0 Å². The van der Waals surface area contributed by atoms with Gasteiger partial charge in [0.25, 0.3) is 23.4 Å². The van der Waals surface area contributed by atoms with Crippen LogP contribution in [-0.2, 0) is 9.59 Å². The van der Waals surface area contributed by atoms with Crippen molar-refractivity contribution in [2.24, 2.45) is 0 Å². The van der Waals surface area contributed by atoms with Crippen LogP contribution in [0.5, 0.6) is 0 Å². The molecule has 1 aliphatic rings. The monoisotopic (exact) mass is 402 g/mol. The van der Waals surface area contributed by atoms with E-state index in [1.54, 1.807) is 0 Å². The standard InChI is InChI=1S/C14H12Cl2N4O6/c15-11(16)12(22)18-4-3-17-10(21)6-19-13(23)8-2-1-7(20(25)26)5-9(8)14(19)24/h1-2,5,11H,3-4,6H2,(H,17,21)(H,18,22). The lowest BCUT2D eigenvalue weighted by atomic mass is 10.1. The van der Waals surface area contributed by atoms with Crippen molar-refractivity contribution in [1.82, 2.24) is 15.5 Å². The molecule has 0 fully saturated rings. The summed E-state index contributed by atoms with van der Waals surface area (Å²) in [5, 5.41) is 15.5. The van der Waals surface area contributed by atoms with Gasteiger partial charge in [-0.25, -0.2) is 0 Å². The third-order valence-corrected chi connectivity index (χ3v) is 3.81. The second-order valence-corrected chi connectivity index (χ2v) is 6.22. The van der Waals surface area contributed by atoms with Crippen molar-refractivity contribution in [3.8, 4) is 0 Å². The minimum atomic E-state index is -1.23. The first-order chi connectivity index (χ1) is 12.2. The van der Waals surface area contributed by atoms with Gasteiger partial charge >= 0.3 is 0 Å². The topological polar surface area (TPSA) is 139 Å². The average Bonchev–Trinajstić information content (AvgIpc) is 2.82. The Morgan fingerprint density at radius 2 is 1.73 bits per heavy atom. The number of carbonyl (C=O) groups is 4. The van der Waals surface area contributed by atoms with Gasteiger partial charge in [-0.1, -0.05) is 23.2 Å². The fourth-order valence-electron chi connectivity index (χ4n) is 2.20. The number of carbonyl (C=O) groups excluding carboxylic acids is 4. The van der Waals surface area contributed by atoms with E-state index in [4.69, 9.17) is 23.2 Å². The van der Waals surface area contributed by atoms with Gasteiger partial charge in [-0.05, 0) is 6.07 Å². The Morgan fingerprint density at radius 3 is 2.35 bits per heavy atom. The number of nitrogens with zero attached hydrogens (tertiary/aromatic N) is 2. The van der Waals surface area contributed by atoms with Crippen LogP contribution in [0.2, 0.25) is 0 Å². The molecule has 0 aliphatic carbocycles. The van der Waals surface area contributed by atoms with Gasteiger partial charge < -0.3 is 10.6 Å². The van der Waals surface area contributed by atoms with E-state index in [0.717, 1.165) is 12.1 Å². The summed E-state index contributed by atoms with van der Waals surface area (Å²) in [6.45, 7) is -0.476. The predicted molar refractivity (Wildman–Crippen MR) is 90.0 cm³/mol. The first-order valence-electron chi connectivity index (χ1n) is 7.19. The second-order valence-electron chi connectivity index (χ2n) is 5.13. The van der Waals surface area contributed by atoms with Gasteiger partial charge in [0.15, 0.2) is 4.84 Å². The summed E-state index contributed by atoms with van der Waals surface area (Å²) in [6, 6.07) is 3.28. The first-order valence-corrected chi connectivity index (χ1v) is 8.07. The molecule has 0 radical (unpaired) electrons. The minimum Gasteiger partial charge on any atom is -0.353 e. The SMILES string of the molecule is O=C(CN1C(=O)c2ccc([N+](=O)[O-])cc2C1=O)NCCNC(=O)C(Cl)Cl. The van der Waals surface area contributed by atoms with E-state index in [1.165, 1.54) is 6.07 Å². The largest absolute Gasteiger partial charge is 0.353 e. The molecule has 26 heavy (non-hydrogen) atoms. The number of imide groups is 1. The Labute approximate surface area is 156 Å². The van der Waals surface area contributed by atoms with E-state index in [1.807, 2.05) is 0 Å². The number of hydrogen-bond donors (Lipinski definition) is 2. The minimum absolute atomic E-state index is 0.00377. The molecular weight excluding hydrogens is 391 g/mol. The number of nitrogens with one attached hydrogen (secondary N) is 2. The van der Waals surface area contributed by atoms with Crippen molar-refractivity contribution in [3.05, 3.63) is 39.4 Å². The summed E-state index contributed by atoms with van der Waals surface area (Å²) in [6.07, 6.45) is 0. The molecule has 0 atom stereocenters. The first kappa shape index (κ1) is 19.6. The quantitative estimate of drug-likeness (QED) is 0.220. The van der Waals surface area contributed by atoms with E-state index in [9.17, 15) is 29.3 Å². The fourth-order valence-corrected chi connectivity index (χ4v) is 2.35. The number of benzene rings is 1. The highest BCUT2D eigenvalue weighted by Gasteiger charge is 2.37. The lowest BCUT2D eigenvalue weighted by molar-refractivity contribution is -0.384. The van der Waals surface area contributed by atoms with E-state index in [0.29, 0.717) is 4.90 Å². The van der Waals surface area contributed by atoms with Crippen molar-refractivity contribution >= 4 is 52.5 Å². The Balaban J connectivity index is 1.93. The molecule has 10 nitrogen and oxygen atoms in total. The summed E-state index contributed by atoms with van der Waals surface area (Å²) >= 11 is 10.7. The number of amides is 4. The zero-order chi connectivity index (χ0) is 19.4. The number of non-ortho nitro benzene ring substituents is 1. The van der Waals surface area contributed by atoms with E-state index in [-0.39, 0.29) is 29.9 Å². The van der Waals surface area contributed by atoms with E-state index < -0.39 is 39.9 Å². The van der Waals surface area contributed by atoms with Crippen molar-refractivity contribution in [2.45, 2.75) is 4.84 Å². The smallest absolute Gasteiger partial charge is 0.270 e. The molecule has 12 heteroatoms. The molecule has 0 aromatic heterocycles. The summed E-state index contributed by atoms with van der Waals surface area (Å²) in [4.78, 5) is 56.9. The Bertz CT molecular complexity index is 798. The molecule has 0 spiro atoms. The summed E-state index contributed by atoms with van der Waals surface area (Å²) in [7, 11) is 0. The van der Waals surface area contributed by atoms with Crippen LogP contribution in [0.15, 0.2) is 18.2 Å². The molecule has 2 rings (SSSR count). The third kappa shape index (κ3) is 4.27. The molecular formula is C14H12Cl2N4O6. The fraction of sp³-hybridized carbons (Fsp3) is 0.286. The van der Waals surface area contributed by atoms with E-state index >= 15 is 0 Å². The molecule has 4 amide bonds. The molecule has 0 bridgehead atoms. The molecule has 1 heterocycles. The predicted octanol–water partition coefficient (Wildman–Crippen LogP) is 0.227. The normalized spacial score (nSPS) is 13.0. The van der Waals surface area contributed by atoms with Gasteiger partial charge in [0.05, 0.1) is 16.1 Å². The van der Waals surface area contributed by atoms with Gasteiger partial charge in [0.2, 0.25) is 5.91 Å². The van der Waals surface area contributed by atoms with Crippen molar-refractivity contribution in [2.75, 3.05) is 19.6 Å². The maximum Gasteiger partial charge on any atom is 0.270 e. The van der Waals surface area contributed by atoms with Crippen molar-refractivity contribution in [1.29, 1.82) is 0 Å². The maximum absolute atomic E-state index is 12.2. The summed E-state index contributed by atoms with van der Waals surface area (Å²) in [5.41, 5.74) is -0.459. The molecule has 138 valence electrons. The molecule has 1 aromatic rings. The Hall–Kier alpha value is -2.72. The number of fused-ring (bicyclic) bond motifs is 1. The van der Waals surface area contributed by atoms with Gasteiger partial charge in [-0.3, -0.25) is 34.2 Å². The Morgan fingerprint density at radius 1 is 1.12 bits per heavy atom. The highest BCUT2D eigenvalue weighted by molar-refractivity contribution is 6.53. The molecule has 0 saturated carbocycles. The zero-order valence-electron chi connectivity index (χ0n) is 13.0. The molecule has 2 N–H and O–H groups in total. The summed E-state index contributed by atoms with van der Waals surface area (Å²) < 4.78 is 0. The molecule has 0 saturated heterocycles. The van der Waals surface area contributed by atoms with Gasteiger partial charge in [-0.15, -0.1) is 0 Å². The van der Waals surface area contributed by atoms with Crippen LogP contribution in [-0.4, -0.2) is 57.9 Å².